The van der Waals surface area contributed by atoms with Crippen LogP contribution in [0.2, 0.25) is 0 Å². The van der Waals surface area contributed by atoms with Crippen LogP contribution in [0.1, 0.15) is 56.2 Å². The number of methoxy groups -OCH3 is 1. The van der Waals surface area contributed by atoms with Crippen molar-refractivity contribution in [2.75, 3.05) is 13.7 Å². The Labute approximate surface area is 124 Å². The van der Waals surface area contributed by atoms with E-state index in [-0.39, 0.29) is 0 Å². The lowest BCUT2D eigenvalue weighted by Crippen LogP contribution is -2.30. The first kappa shape index (κ1) is 17.0. The minimum atomic E-state index is 0.630. The van der Waals surface area contributed by atoms with E-state index < -0.39 is 0 Å². The highest BCUT2D eigenvalue weighted by molar-refractivity contribution is 5.43. The van der Waals surface area contributed by atoms with Crippen LogP contribution in [-0.2, 0) is 6.42 Å². The summed E-state index contributed by atoms with van der Waals surface area (Å²) in [6.45, 7) is 9.93. The molecule has 0 bridgehead atoms. The molecular formula is C18H31NO. The monoisotopic (exact) mass is 277 g/mol. The Bertz CT molecular complexity index is 401. The van der Waals surface area contributed by atoms with E-state index in [0.717, 1.165) is 18.7 Å². The zero-order chi connectivity index (χ0) is 15.0. The average Bonchev–Trinajstić information content (AvgIpc) is 2.42. The second-order valence-electron chi connectivity index (χ2n) is 5.74. The Hall–Kier alpha value is -1.02. The molecule has 0 fully saturated rings. The van der Waals surface area contributed by atoms with Gasteiger partial charge in [-0.3, -0.25) is 0 Å². The highest BCUT2D eigenvalue weighted by Gasteiger charge is 2.12. The fourth-order valence-corrected chi connectivity index (χ4v) is 2.82. The van der Waals surface area contributed by atoms with Crippen molar-refractivity contribution in [2.45, 2.75) is 65.8 Å². The van der Waals surface area contributed by atoms with Crippen LogP contribution in [0.25, 0.3) is 0 Å². The van der Waals surface area contributed by atoms with Gasteiger partial charge in [-0.05, 0) is 68.8 Å². The number of hydrogen-bond donors (Lipinski definition) is 1. The van der Waals surface area contributed by atoms with Crippen LogP contribution in [0.3, 0.4) is 0 Å². The van der Waals surface area contributed by atoms with Gasteiger partial charge in [0.05, 0.1) is 7.11 Å². The summed E-state index contributed by atoms with van der Waals surface area (Å²) in [5, 5.41) is 3.67. The van der Waals surface area contributed by atoms with Gasteiger partial charge < -0.3 is 10.1 Å². The summed E-state index contributed by atoms with van der Waals surface area (Å²) in [5.41, 5.74) is 4.00. The van der Waals surface area contributed by atoms with Crippen molar-refractivity contribution in [1.29, 1.82) is 0 Å². The van der Waals surface area contributed by atoms with Crippen molar-refractivity contribution in [2.24, 2.45) is 0 Å². The van der Waals surface area contributed by atoms with Gasteiger partial charge in [-0.1, -0.05) is 26.3 Å². The van der Waals surface area contributed by atoms with Crippen molar-refractivity contribution in [1.82, 2.24) is 5.32 Å². The Morgan fingerprint density at radius 2 is 1.85 bits per heavy atom. The fraction of sp³-hybridized carbons (Fsp3) is 0.667. The van der Waals surface area contributed by atoms with Crippen molar-refractivity contribution < 1.29 is 4.74 Å². The number of hydrogen-bond acceptors (Lipinski definition) is 2. The summed E-state index contributed by atoms with van der Waals surface area (Å²) in [6.07, 6.45) is 5.98. The predicted octanol–water partition coefficient (Wildman–Crippen LogP) is 4.41. The maximum Gasteiger partial charge on any atom is 0.122 e. The Morgan fingerprint density at radius 3 is 2.45 bits per heavy atom. The molecule has 0 aliphatic heterocycles. The molecule has 0 aliphatic carbocycles. The van der Waals surface area contributed by atoms with Crippen LogP contribution in [-0.4, -0.2) is 19.7 Å². The Kier molecular flexibility index (Phi) is 7.68. The number of rotatable bonds is 9. The van der Waals surface area contributed by atoms with Gasteiger partial charge in [-0.15, -0.1) is 0 Å². The molecule has 114 valence electrons. The molecule has 0 heterocycles. The van der Waals surface area contributed by atoms with Crippen molar-refractivity contribution in [3.05, 3.63) is 28.8 Å². The Morgan fingerprint density at radius 1 is 1.10 bits per heavy atom. The quantitative estimate of drug-likeness (QED) is 0.722. The topological polar surface area (TPSA) is 21.3 Å². The molecule has 0 spiro atoms. The molecule has 1 rings (SSSR count). The first-order valence-electron chi connectivity index (χ1n) is 7.99. The third kappa shape index (κ3) is 5.16. The minimum absolute atomic E-state index is 0.630. The summed E-state index contributed by atoms with van der Waals surface area (Å²) in [6, 6.07) is 5.04. The zero-order valence-corrected chi connectivity index (χ0v) is 13.9. The summed E-state index contributed by atoms with van der Waals surface area (Å²) in [7, 11) is 1.77. The lowest BCUT2D eigenvalue weighted by molar-refractivity contribution is 0.402. The van der Waals surface area contributed by atoms with Gasteiger partial charge >= 0.3 is 0 Å². The molecule has 0 aromatic heterocycles. The van der Waals surface area contributed by atoms with E-state index in [1.54, 1.807) is 7.11 Å². The molecule has 0 saturated heterocycles. The van der Waals surface area contributed by atoms with Crippen LogP contribution >= 0.6 is 0 Å². The lowest BCUT2D eigenvalue weighted by Gasteiger charge is -2.19. The maximum absolute atomic E-state index is 5.56. The minimum Gasteiger partial charge on any atom is -0.496 e. The van der Waals surface area contributed by atoms with Crippen LogP contribution < -0.4 is 10.1 Å². The SMILES string of the molecule is CCCNC(CCC)CCc1c(C)cc(C)cc1OC. The zero-order valence-electron chi connectivity index (χ0n) is 13.9. The van der Waals surface area contributed by atoms with Gasteiger partial charge in [0.1, 0.15) is 5.75 Å². The van der Waals surface area contributed by atoms with E-state index in [1.807, 2.05) is 0 Å². The predicted molar refractivity (Wildman–Crippen MR) is 87.8 cm³/mol. The van der Waals surface area contributed by atoms with E-state index in [9.17, 15) is 0 Å². The van der Waals surface area contributed by atoms with E-state index in [1.165, 1.54) is 42.4 Å². The van der Waals surface area contributed by atoms with Crippen LogP contribution in [0.5, 0.6) is 5.75 Å². The molecule has 1 N–H and O–H groups in total. The van der Waals surface area contributed by atoms with Crippen LogP contribution in [0, 0.1) is 13.8 Å². The van der Waals surface area contributed by atoms with Crippen molar-refractivity contribution >= 4 is 0 Å². The number of ether oxygens (including phenoxy) is 1. The first-order valence-corrected chi connectivity index (χ1v) is 7.99. The summed E-state index contributed by atoms with van der Waals surface area (Å²) in [5.74, 6) is 1.05. The third-order valence-electron chi connectivity index (χ3n) is 3.86. The molecule has 0 aliphatic rings. The second kappa shape index (κ2) is 9.02. The lowest BCUT2D eigenvalue weighted by atomic mass is 9.96. The molecule has 1 atom stereocenters. The first-order chi connectivity index (χ1) is 9.62. The van der Waals surface area contributed by atoms with Gasteiger partial charge in [0.25, 0.3) is 0 Å². The molecule has 2 nitrogen and oxygen atoms in total. The number of nitrogens with one attached hydrogen (secondary N) is 1. The third-order valence-corrected chi connectivity index (χ3v) is 3.86. The van der Waals surface area contributed by atoms with Crippen LogP contribution in [0.15, 0.2) is 12.1 Å². The van der Waals surface area contributed by atoms with Crippen molar-refractivity contribution in [3.8, 4) is 5.75 Å². The Balaban J connectivity index is 2.71. The highest BCUT2D eigenvalue weighted by atomic mass is 16.5. The normalized spacial score (nSPS) is 12.4. The van der Waals surface area contributed by atoms with Gasteiger partial charge in [-0.25, -0.2) is 0 Å². The molecule has 2 heteroatoms. The van der Waals surface area contributed by atoms with Crippen molar-refractivity contribution in [3.63, 3.8) is 0 Å². The van der Waals surface area contributed by atoms with E-state index >= 15 is 0 Å². The summed E-state index contributed by atoms with van der Waals surface area (Å²) >= 11 is 0. The smallest absolute Gasteiger partial charge is 0.122 e. The second-order valence-corrected chi connectivity index (χ2v) is 5.74. The molecule has 1 aromatic rings. The summed E-state index contributed by atoms with van der Waals surface area (Å²) < 4.78 is 5.56. The molecule has 0 saturated carbocycles. The van der Waals surface area contributed by atoms with Crippen LogP contribution in [0.4, 0.5) is 0 Å². The molecule has 20 heavy (non-hydrogen) atoms. The van der Waals surface area contributed by atoms with Gasteiger partial charge in [0, 0.05) is 6.04 Å². The molecule has 0 amide bonds. The van der Waals surface area contributed by atoms with E-state index in [0.29, 0.717) is 6.04 Å². The summed E-state index contributed by atoms with van der Waals surface area (Å²) in [4.78, 5) is 0. The standard InChI is InChI=1S/C18H31NO/c1-6-8-16(19-11-7-2)9-10-17-15(4)12-14(3)13-18(17)20-5/h12-13,16,19H,6-11H2,1-5H3. The molecule has 1 unspecified atom stereocenters. The number of benzene rings is 1. The van der Waals surface area contributed by atoms with E-state index in [2.05, 4.69) is 45.1 Å². The average molecular weight is 277 g/mol. The van der Waals surface area contributed by atoms with E-state index in [4.69, 9.17) is 4.74 Å². The molecule has 0 radical (unpaired) electrons. The largest absolute Gasteiger partial charge is 0.496 e. The number of aryl methyl sites for hydroxylation is 2. The molecular weight excluding hydrogens is 246 g/mol. The highest BCUT2D eigenvalue weighted by Crippen LogP contribution is 2.26. The molecule has 1 aromatic carbocycles. The van der Waals surface area contributed by atoms with Gasteiger partial charge in [-0.2, -0.15) is 0 Å². The maximum atomic E-state index is 5.56. The van der Waals surface area contributed by atoms with Gasteiger partial charge in [0.15, 0.2) is 0 Å². The van der Waals surface area contributed by atoms with Gasteiger partial charge in [0.2, 0.25) is 0 Å². The fourth-order valence-electron chi connectivity index (χ4n) is 2.82.